The number of nitrogens with zero attached hydrogens (tertiary/aromatic N) is 2. The van der Waals surface area contributed by atoms with Gasteiger partial charge in [-0.2, -0.15) is 0 Å². The topological polar surface area (TPSA) is 6.48 Å². The molecule has 72 heavy (non-hydrogen) atoms. The smallest absolute Gasteiger partial charge is 0.0726 e. The van der Waals surface area contributed by atoms with Crippen LogP contribution in [0.5, 0.6) is 0 Å². The number of fused-ring (bicyclic) bond motifs is 13. The van der Waals surface area contributed by atoms with E-state index in [1.807, 2.05) is 0 Å². The average molecular weight is 919 g/mol. The van der Waals surface area contributed by atoms with Crippen LogP contribution in [0, 0.1) is 0 Å². The zero-order valence-corrected chi connectivity index (χ0v) is 40.3. The van der Waals surface area contributed by atoms with Crippen LogP contribution < -0.4 is 9.80 Å². The Morgan fingerprint density at radius 2 is 0.611 bits per heavy atom. The van der Waals surface area contributed by atoms with E-state index < -0.39 is 5.41 Å². The van der Waals surface area contributed by atoms with E-state index in [9.17, 15) is 0 Å². The molecule has 11 aromatic carbocycles. The summed E-state index contributed by atoms with van der Waals surface area (Å²) in [4.78, 5) is 4.90. The van der Waals surface area contributed by atoms with Crippen molar-refractivity contribution in [2.24, 2.45) is 0 Å². The summed E-state index contributed by atoms with van der Waals surface area (Å²) in [7, 11) is 0. The van der Waals surface area contributed by atoms with Crippen LogP contribution in [0.25, 0.3) is 55.6 Å². The fraction of sp³-hybridized carbons (Fsp3) is 0.0571. The van der Waals surface area contributed by atoms with Crippen LogP contribution in [0.3, 0.4) is 0 Å². The standard InChI is InChI=1S/C70H50N2/c1-69(2)61-26-13-9-22-56(61)59-45-44-55(46-66(59)69)72(67-31-17-30-65-68(67)60-25-12-16-29-64(60)70(65)62-27-14-10-23-57(62)58-24-11-15-28-63(58)70)54-42-40-53(41-43-54)71(51-36-32-49(33-37-51)47-18-5-3-6-19-47)52-38-34-50(35-39-52)48-20-7-4-8-21-48/h3-46H,1-2H3. The summed E-state index contributed by atoms with van der Waals surface area (Å²) in [6, 6.07) is 98.9. The minimum absolute atomic E-state index is 0.170. The van der Waals surface area contributed by atoms with Crippen LogP contribution in [0.2, 0.25) is 0 Å². The Labute approximate surface area is 422 Å². The Morgan fingerprint density at radius 3 is 1.14 bits per heavy atom. The van der Waals surface area contributed by atoms with E-state index >= 15 is 0 Å². The molecule has 0 fully saturated rings. The van der Waals surface area contributed by atoms with Gasteiger partial charge in [0.2, 0.25) is 0 Å². The molecule has 0 unspecified atom stereocenters. The fourth-order valence-corrected chi connectivity index (χ4v) is 12.6. The third-order valence-corrected chi connectivity index (χ3v) is 15.9. The Morgan fingerprint density at radius 1 is 0.250 bits per heavy atom. The molecule has 340 valence electrons. The van der Waals surface area contributed by atoms with Gasteiger partial charge >= 0.3 is 0 Å². The molecule has 3 aliphatic rings. The lowest BCUT2D eigenvalue weighted by molar-refractivity contribution is 0.660. The van der Waals surface area contributed by atoms with E-state index in [4.69, 9.17) is 0 Å². The zero-order chi connectivity index (χ0) is 48.0. The molecular weight excluding hydrogens is 869 g/mol. The Balaban J connectivity index is 0.957. The van der Waals surface area contributed by atoms with Crippen LogP contribution in [0.1, 0.15) is 47.2 Å². The SMILES string of the molecule is CC1(C)c2ccccc2-c2ccc(N(c3ccc(N(c4ccc(-c5ccccc5)cc4)c4ccc(-c5ccccc5)cc4)cc3)c3cccc4c3-c3ccccc3C43c4ccccc4-c4ccccc43)cc21. The van der Waals surface area contributed by atoms with Crippen molar-refractivity contribution in [3.63, 3.8) is 0 Å². The van der Waals surface area contributed by atoms with Crippen molar-refractivity contribution in [2.75, 3.05) is 9.80 Å². The summed E-state index contributed by atoms with van der Waals surface area (Å²) in [6.07, 6.45) is 0. The monoisotopic (exact) mass is 918 g/mol. The van der Waals surface area contributed by atoms with Gasteiger partial charge in [0.1, 0.15) is 0 Å². The molecule has 0 radical (unpaired) electrons. The maximum absolute atomic E-state index is 2.53. The van der Waals surface area contributed by atoms with Crippen molar-refractivity contribution in [1.82, 2.24) is 0 Å². The number of hydrogen-bond donors (Lipinski definition) is 0. The van der Waals surface area contributed by atoms with E-state index in [1.54, 1.807) is 0 Å². The maximum Gasteiger partial charge on any atom is 0.0726 e. The predicted octanol–water partition coefficient (Wildman–Crippen LogP) is 18.6. The van der Waals surface area contributed by atoms with Crippen molar-refractivity contribution >= 4 is 34.1 Å². The Bertz CT molecular complexity index is 3740. The molecule has 0 N–H and O–H groups in total. The first-order valence-electron chi connectivity index (χ1n) is 25.2. The minimum Gasteiger partial charge on any atom is -0.311 e. The van der Waals surface area contributed by atoms with Gasteiger partial charge in [-0.1, -0.05) is 214 Å². The molecule has 0 saturated carbocycles. The van der Waals surface area contributed by atoms with Crippen molar-refractivity contribution in [3.8, 4) is 55.6 Å². The van der Waals surface area contributed by atoms with Gasteiger partial charge < -0.3 is 9.80 Å². The largest absolute Gasteiger partial charge is 0.311 e. The summed E-state index contributed by atoms with van der Waals surface area (Å²) >= 11 is 0. The molecule has 0 saturated heterocycles. The summed E-state index contributed by atoms with van der Waals surface area (Å²) in [5.74, 6) is 0. The Hall–Kier alpha value is -8.98. The van der Waals surface area contributed by atoms with Crippen LogP contribution in [0.4, 0.5) is 34.1 Å². The van der Waals surface area contributed by atoms with E-state index in [0.717, 1.165) is 34.1 Å². The lowest BCUT2D eigenvalue weighted by atomic mass is 9.70. The third kappa shape index (κ3) is 6.22. The summed E-state index contributed by atoms with van der Waals surface area (Å²) in [6.45, 7) is 4.76. The van der Waals surface area contributed by atoms with Crippen LogP contribution in [-0.4, -0.2) is 0 Å². The highest BCUT2D eigenvalue weighted by atomic mass is 15.2. The highest BCUT2D eigenvalue weighted by Crippen LogP contribution is 2.65. The first kappa shape index (κ1) is 41.9. The van der Waals surface area contributed by atoms with E-state index in [1.165, 1.54) is 89.0 Å². The molecule has 0 atom stereocenters. The van der Waals surface area contributed by atoms with E-state index in [0.29, 0.717) is 0 Å². The second-order valence-corrected chi connectivity index (χ2v) is 20.0. The van der Waals surface area contributed by atoms with Gasteiger partial charge in [-0.25, -0.2) is 0 Å². The molecule has 2 heteroatoms. The summed E-state index contributed by atoms with van der Waals surface area (Å²) in [5.41, 5.74) is 26.6. The zero-order valence-electron chi connectivity index (χ0n) is 40.3. The highest BCUT2D eigenvalue weighted by molar-refractivity contribution is 6.01. The fourth-order valence-electron chi connectivity index (χ4n) is 12.6. The van der Waals surface area contributed by atoms with Gasteiger partial charge in [-0.15, -0.1) is 0 Å². The van der Waals surface area contributed by atoms with E-state index in [-0.39, 0.29) is 5.41 Å². The minimum atomic E-state index is -0.459. The number of anilines is 6. The number of rotatable bonds is 8. The second-order valence-electron chi connectivity index (χ2n) is 20.0. The highest BCUT2D eigenvalue weighted by Gasteiger charge is 2.52. The van der Waals surface area contributed by atoms with Crippen molar-refractivity contribution in [3.05, 3.63) is 300 Å². The number of benzene rings is 11. The van der Waals surface area contributed by atoms with Gasteiger partial charge in [0.05, 0.1) is 11.1 Å². The molecule has 0 aromatic heterocycles. The van der Waals surface area contributed by atoms with Gasteiger partial charge in [0, 0.05) is 39.4 Å². The second kappa shape index (κ2) is 16.3. The van der Waals surface area contributed by atoms with Crippen LogP contribution in [0.15, 0.2) is 267 Å². The van der Waals surface area contributed by atoms with Gasteiger partial charge in [0.15, 0.2) is 0 Å². The molecule has 3 aliphatic carbocycles. The normalized spacial score (nSPS) is 13.6. The summed E-state index contributed by atoms with van der Waals surface area (Å²) in [5, 5.41) is 0. The molecule has 2 nitrogen and oxygen atoms in total. The van der Waals surface area contributed by atoms with Crippen LogP contribution in [-0.2, 0) is 10.8 Å². The summed E-state index contributed by atoms with van der Waals surface area (Å²) < 4.78 is 0. The number of hydrogen-bond acceptors (Lipinski definition) is 2. The molecule has 0 aliphatic heterocycles. The predicted molar refractivity (Wildman–Crippen MR) is 301 cm³/mol. The molecule has 0 heterocycles. The average Bonchev–Trinajstić information content (AvgIpc) is 4.02. The molecule has 0 amide bonds. The molecule has 14 rings (SSSR count). The lowest BCUT2D eigenvalue weighted by Gasteiger charge is -2.32. The molecular formula is C70H50N2. The Kier molecular flexibility index (Phi) is 9.50. The molecule has 11 aromatic rings. The van der Waals surface area contributed by atoms with E-state index in [2.05, 4.69) is 291 Å². The van der Waals surface area contributed by atoms with Crippen LogP contribution >= 0.6 is 0 Å². The molecule has 1 spiro atoms. The van der Waals surface area contributed by atoms with Crippen molar-refractivity contribution in [2.45, 2.75) is 24.7 Å². The quantitative estimate of drug-likeness (QED) is 0.150. The van der Waals surface area contributed by atoms with Crippen molar-refractivity contribution in [1.29, 1.82) is 0 Å². The lowest BCUT2D eigenvalue weighted by Crippen LogP contribution is -2.26. The first-order chi connectivity index (χ1) is 35.5. The van der Waals surface area contributed by atoms with Gasteiger partial charge in [-0.05, 0) is 150 Å². The first-order valence-corrected chi connectivity index (χ1v) is 25.2. The van der Waals surface area contributed by atoms with Gasteiger partial charge in [-0.3, -0.25) is 0 Å². The van der Waals surface area contributed by atoms with Crippen molar-refractivity contribution < 1.29 is 0 Å². The maximum atomic E-state index is 2.53. The third-order valence-electron chi connectivity index (χ3n) is 15.9. The van der Waals surface area contributed by atoms with Gasteiger partial charge in [0.25, 0.3) is 0 Å². The molecule has 0 bridgehead atoms.